The van der Waals surface area contributed by atoms with Crippen molar-refractivity contribution in [3.8, 4) is 0 Å². The average Bonchev–Trinajstić information content (AvgIpc) is 2.78. The first-order valence-corrected chi connectivity index (χ1v) is 7.41. The van der Waals surface area contributed by atoms with E-state index < -0.39 is 11.9 Å². The Morgan fingerprint density at radius 1 is 1.30 bits per heavy atom. The fraction of sp³-hybridized carbons (Fsp3) is 0.857. The normalized spacial score (nSPS) is 31.3. The van der Waals surface area contributed by atoms with Gasteiger partial charge >= 0.3 is 12.0 Å². The lowest BCUT2D eigenvalue weighted by molar-refractivity contribution is -0.142. The summed E-state index contributed by atoms with van der Waals surface area (Å²) in [6.07, 6.45) is 2.33. The number of nitrogens with one attached hydrogen (secondary N) is 1. The number of amides is 2. The molecule has 20 heavy (non-hydrogen) atoms. The third kappa shape index (κ3) is 3.62. The number of carboxylic acid groups (broad SMARTS) is 1. The van der Waals surface area contributed by atoms with Crippen LogP contribution < -0.4 is 5.32 Å². The molecule has 0 bridgehead atoms. The summed E-state index contributed by atoms with van der Waals surface area (Å²) in [5.74, 6) is -0.699. The van der Waals surface area contributed by atoms with Crippen molar-refractivity contribution in [2.24, 2.45) is 17.8 Å². The second-order valence-corrected chi connectivity index (χ2v) is 6.28. The molecular weight excluding hydrogens is 258 g/mol. The van der Waals surface area contributed by atoms with E-state index >= 15 is 0 Å². The number of aliphatic carboxylic acids is 1. The van der Waals surface area contributed by atoms with Gasteiger partial charge in [0.05, 0.1) is 5.92 Å². The fourth-order valence-corrected chi connectivity index (χ4v) is 3.24. The molecule has 6 heteroatoms. The van der Waals surface area contributed by atoms with Gasteiger partial charge in [0.25, 0.3) is 0 Å². The molecule has 1 unspecified atom stereocenters. The quantitative estimate of drug-likeness (QED) is 0.799. The highest BCUT2D eigenvalue weighted by Gasteiger charge is 2.37. The van der Waals surface area contributed by atoms with Crippen LogP contribution in [-0.2, 0) is 4.79 Å². The fourth-order valence-electron chi connectivity index (χ4n) is 3.24. The molecule has 2 rings (SSSR count). The van der Waals surface area contributed by atoms with E-state index in [0.29, 0.717) is 25.6 Å². The third-order valence-corrected chi connectivity index (χ3v) is 4.48. The van der Waals surface area contributed by atoms with Crippen LogP contribution in [0.3, 0.4) is 0 Å². The number of piperidine rings is 1. The summed E-state index contributed by atoms with van der Waals surface area (Å²) in [5.41, 5.74) is 0. The molecule has 0 aromatic rings. The van der Waals surface area contributed by atoms with Crippen LogP contribution in [0, 0.1) is 17.8 Å². The smallest absolute Gasteiger partial charge is 0.317 e. The van der Waals surface area contributed by atoms with E-state index in [2.05, 4.69) is 17.3 Å². The Morgan fingerprint density at radius 2 is 2.05 bits per heavy atom. The van der Waals surface area contributed by atoms with Gasteiger partial charge in [0.2, 0.25) is 0 Å². The molecule has 0 spiro atoms. The Labute approximate surface area is 120 Å². The van der Waals surface area contributed by atoms with Gasteiger partial charge in [-0.05, 0) is 38.3 Å². The number of hydrogen-bond acceptors (Lipinski definition) is 3. The topological polar surface area (TPSA) is 72.9 Å². The van der Waals surface area contributed by atoms with E-state index in [4.69, 9.17) is 5.11 Å². The van der Waals surface area contributed by atoms with Gasteiger partial charge in [0, 0.05) is 26.2 Å². The average molecular weight is 283 g/mol. The van der Waals surface area contributed by atoms with Crippen molar-refractivity contribution in [3.63, 3.8) is 0 Å². The van der Waals surface area contributed by atoms with Crippen molar-refractivity contribution in [1.82, 2.24) is 15.1 Å². The van der Waals surface area contributed by atoms with E-state index in [9.17, 15) is 9.59 Å². The third-order valence-electron chi connectivity index (χ3n) is 4.48. The predicted molar refractivity (Wildman–Crippen MR) is 75.5 cm³/mol. The van der Waals surface area contributed by atoms with E-state index in [1.165, 1.54) is 6.42 Å². The van der Waals surface area contributed by atoms with Crippen LogP contribution in [-0.4, -0.2) is 66.7 Å². The first kappa shape index (κ1) is 15.1. The van der Waals surface area contributed by atoms with Crippen molar-refractivity contribution in [2.45, 2.75) is 19.8 Å². The number of hydrogen-bond donors (Lipinski definition) is 2. The molecule has 3 atom stereocenters. The van der Waals surface area contributed by atoms with Crippen LogP contribution >= 0.6 is 0 Å². The Morgan fingerprint density at radius 3 is 2.65 bits per heavy atom. The van der Waals surface area contributed by atoms with Crippen LogP contribution in [0.2, 0.25) is 0 Å². The molecule has 2 aliphatic rings. The highest BCUT2D eigenvalue weighted by molar-refractivity contribution is 5.77. The molecule has 114 valence electrons. The van der Waals surface area contributed by atoms with Crippen molar-refractivity contribution in [3.05, 3.63) is 0 Å². The molecule has 0 saturated carbocycles. The molecule has 2 fully saturated rings. The van der Waals surface area contributed by atoms with Crippen LogP contribution in [0.15, 0.2) is 0 Å². The van der Waals surface area contributed by atoms with Gasteiger partial charge in [-0.15, -0.1) is 0 Å². The zero-order chi connectivity index (χ0) is 14.7. The van der Waals surface area contributed by atoms with Gasteiger partial charge in [-0.2, -0.15) is 0 Å². The van der Waals surface area contributed by atoms with Crippen molar-refractivity contribution in [1.29, 1.82) is 0 Å². The van der Waals surface area contributed by atoms with Gasteiger partial charge < -0.3 is 20.2 Å². The van der Waals surface area contributed by atoms with Crippen molar-refractivity contribution >= 4 is 12.0 Å². The molecule has 0 aromatic heterocycles. The number of rotatable bonds is 3. The van der Waals surface area contributed by atoms with Crippen LogP contribution in [0.4, 0.5) is 4.79 Å². The number of carboxylic acids is 1. The summed E-state index contributed by atoms with van der Waals surface area (Å²) in [7, 11) is 2.10. The van der Waals surface area contributed by atoms with Crippen LogP contribution in [0.1, 0.15) is 19.8 Å². The number of likely N-dealkylation sites (tertiary alicyclic amines) is 2. The first-order valence-electron chi connectivity index (χ1n) is 7.41. The highest BCUT2D eigenvalue weighted by atomic mass is 16.4. The maximum Gasteiger partial charge on any atom is 0.317 e. The summed E-state index contributed by atoms with van der Waals surface area (Å²) in [6, 6.07) is -0.117. The SMILES string of the molecule is C[C@@H]1CN(C(=O)NCC2CCCN(C)C2)C[C@H]1C(=O)O. The molecular formula is C14H25N3O3. The van der Waals surface area contributed by atoms with E-state index in [-0.39, 0.29) is 11.9 Å². The summed E-state index contributed by atoms with van der Waals surface area (Å²) >= 11 is 0. The Kier molecular flexibility index (Phi) is 4.86. The monoisotopic (exact) mass is 283 g/mol. The lowest BCUT2D eigenvalue weighted by Gasteiger charge is -2.30. The Bertz CT molecular complexity index is 375. The van der Waals surface area contributed by atoms with Crippen molar-refractivity contribution in [2.75, 3.05) is 39.8 Å². The number of carbonyl (C=O) groups excluding carboxylic acids is 1. The molecule has 0 aromatic carbocycles. The Balaban J connectivity index is 1.76. The number of nitrogens with zero attached hydrogens (tertiary/aromatic N) is 2. The molecule has 0 aliphatic carbocycles. The molecule has 0 radical (unpaired) electrons. The van der Waals surface area contributed by atoms with Gasteiger partial charge in [-0.3, -0.25) is 4.79 Å². The zero-order valence-corrected chi connectivity index (χ0v) is 12.3. The molecule has 2 amide bonds. The van der Waals surface area contributed by atoms with Crippen molar-refractivity contribution < 1.29 is 14.7 Å². The number of urea groups is 1. The molecule has 2 aliphatic heterocycles. The minimum atomic E-state index is -0.804. The summed E-state index contributed by atoms with van der Waals surface area (Å²) < 4.78 is 0. The maximum absolute atomic E-state index is 12.1. The lowest BCUT2D eigenvalue weighted by Crippen LogP contribution is -2.44. The molecule has 2 saturated heterocycles. The standard InChI is InChI=1S/C14H25N3O3/c1-10-7-17(9-12(10)13(18)19)14(20)15-6-11-4-3-5-16(2)8-11/h10-12H,3-9H2,1-2H3,(H,15,20)(H,18,19)/t10-,11?,12-/m1/s1. The first-order chi connectivity index (χ1) is 9.47. The largest absolute Gasteiger partial charge is 0.481 e. The second kappa shape index (κ2) is 6.43. The zero-order valence-electron chi connectivity index (χ0n) is 12.3. The summed E-state index contributed by atoms with van der Waals surface area (Å²) in [4.78, 5) is 27.1. The van der Waals surface area contributed by atoms with E-state index in [1.54, 1.807) is 4.90 Å². The Hall–Kier alpha value is -1.30. The molecule has 6 nitrogen and oxygen atoms in total. The van der Waals surface area contributed by atoms with Gasteiger partial charge in [-0.25, -0.2) is 4.79 Å². The predicted octanol–water partition coefficient (Wildman–Crippen LogP) is 0.690. The molecule has 2 heterocycles. The van der Waals surface area contributed by atoms with Crippen LogP contribution in [0.5, 0.6) is 0 Å². The summed E-state index contributed by atoms with van der Waals surface area (Å²) in [5, 5.41) is 12.0. The maximum atomic E-state index is 12.1. The second-order valence-electron chi connectivity index (χ2n) is 6.28. The van der Waals surface area contributed by atoms with Gasteiger partial charge in [-0.1, -0.05) is 6.92 Å². The van der Waals surface area contributed by atoms with Gasteiger partial charge in [0.1, 0.15) is 0 Å². The lowest BCUT2D eigenvalue weighted by atomic mass is 9.99. The highest BCUT2D eigenvalue weighted by Crippen LogP contribution is 2.23. The van der Waals surface area contributed by atoms with E-state index in [1.807, 2.05) is 6.92 Å². The number of carbonyl (C=O) groups is 2. The van der Waals surface area contributed by atoms with E-state index in [0.717, 1.165) is 19.5 Å². The minimum Gasteiger partial charge on any atom is -0.481 e. The molecule has 2 N–H and O–H groups in total. The summed E-state index contributed by atoms with van der Waals surface area (Å²) in [6.45, 7) is 5.59. The minimum absolute atomic E-state index is 0.0269. The van der Waals surface area contributed by atoms with Gasteiger partial charge in [0.15, 0.2) is 0 Å². The van der Waals surface area contributed by atoms with Crippen LogP contribution in [0.25, 0.3) is 0 Å².